The number of alkyl halides is 1. The zero-order chi connectivity index (χ0) is 15.0. The number of hydrogen-bond acceptors (Lipinski definition) is 4. The fraction of sp³-hybridized carbons (Fsp3) is 0.308. The molecule has 0 aliphatic carbocycles. The molecular formula is C13H15ClN2O4. The molecule has 0 fully saturated rings. The van der Waals surface area contributed by atoms with Crippen molar-refractivity contribution < 1.29 is 19.1 Å². The van der Waals surface area contributed by atoms with Crippen molar-refractivity contribution in [3.63, 3.8) is 0 Å². The highest BCUT2D eigenvalue weighted by Gasteiger charge is 2.23. The number of nitrogens with one attached hydrogen (secondary N) is 2. The molecule has 1 atom stereocenters. The fourth-order valence-electron chi connectivity index (χ4n) is 1.48. The van der Waals surface area contributed by atoms with E-state index in [0.29, 0.717) is 5.56 Å². The number of carbonyl (C=O) groups excluding carboxylic acids is 3. The molecule has 0 radical (unpaired) electrons. The van der Waals surface area contributed by atoms with Crippen LogP contribution in [0.15, 0.2) is 30.3 Å². The van der Waals surface area contributed by atoms with E-state index in [9.17, 15) is 14.4 Å². The summed E-state index contributed by atoms with van der Waals surface area (Å²) in [6, 6.07) is 6.81. The van der Waals surface area contributed by atoms with Gasteiger partial charge in [0.25, 0.3) is 0 Å². The number of urea groups is 1. The van der Waals surface area contributed by atoms with Crippen LogP contribution < -0.4 is 10.6 Å². The number of ether oxygens (including phenoxy) is 1. The minimum Gasteiger partial charge on any atom is -0.467 e. The maximum absolute atomic E-state index is 11.7. The summed E-state index contributed by atoms with van der Waals surface area (Å²) >= 11 is 5.39. The summed E-state index contributed by atoms with van der Waals surface area (Å²) in [6.07, 6.45) is 0.0171. The number of methoxy groups -OCH3 is 1. The molecule has 1 rings (SSSR count). The summed E-state index contributed by atoms with van der Waals surface area (Å²) in [4.78, 5) is 34.6. The van der Waals surface area contributed by atoms with Crippen molar-refractivity contribution in [2.75, 3.05) is 13.0 Å². The Labute approximate surface area is 121 Å². The third kappa shape index (κ3) is 4.89. The number of benzene rings is 1. The standard InChI is InChI=1S/C13H15ClN2O4/c1-20-12(18)11(9-5-3-2-4-6-9)16-13(19)15-10(17)7-8-14/h2-6,11H,7-8H2,1H3,(H2,15,16,17,19). The van der Waals surface area contributed by atoms with Crippen LogP contribution in [0, 0.1) is 0 Å². The highest BCUT2D eigenvalue weighted by atomic mass is 35.5. The van der Waals surface area contributed by atoms with Gasteiger partial charge in [0.15, 0.2) is 6.04 Å². The predicted molar refractivity (Wildman–Crippen MR) is 73.2 cm³/mol. The SMILES string of the molecule is COC(=O)C(NC(=O)NC(=O)CCCl)c1ccccc1. The van der Waals surface area contributed by atoms with E-state index in [1.807, 2.05) is 0 Å². The van der Waals surface area contributed by atoms with E-state index in [4.69, 9.17) is 11.6 Å². The molecule has 0 saturated carbocycles. The van der Waals surface area contributed by atoms with Crippen LogP contribution in [0.4, 0.5) is 4.79 Å². The van der Waals surface area contributed by atoms with E-state index in [-0.39, 0.29) is 12.3 Å². The molecule has 108 valence electrons. The lowest BCUT2D eigenvalue weighted by atomic mass is 10.1. The maximum atomic E-state index is 11.7. The van der Waals surface area contributed by atoms with Crippen LogP contribution in [0.1, 0.15) is 18.0 Å². The van der Waals surface area contributed by atoms with Gasteiger partial charge in [-0.05, 0) is 5.56 Å². The number of amides is 3. The normalized spacial score (nSPS) is 11.3. The first kappa shape index (κ1) is 16.0. The molecular weight excluding hydrogens is 284 g/mol. The summed E-state index contributed by atoms with van der Waals surface area (Å²) in [5, 5.41) is 4.46. The van der Waals surface area contributed by atoms with E-state index < -0.39 is 23.9 Å². The number of carbonyl (C=O) groups is 3. The predicted octanol–water partition coefficient (Wildman–Crippen LogP) is 1.36. The van der Waals surface area contributed by atoms with Gasteiger partial charge >= 0.3 is 12.0 Å². The molecule has 0 heterocycles. The van der Waals surface area contributed by atoms with Crippen molar-refractivity contribution in [1.82, 2.24) is 10.6 Å². The third-order valence-electron chi connectivity index (χ3n) is 2.42. The van der Waals surface area contributed by atoms with Gasteiger partial charge in [0.1, 0.15) is 0 Å². The van der Waals surface area contributed by atoms with Gasteiger partial charge in [0.2, 0.25) is 5.91 Å². The van der Waals surface area contributed by atoms with E-state index in [1.165, 1.54) is 7.11 Å². The summed E-state index contributed by atoms with van der Waals surface area (Å²) < 4.78 is 4.63. The molecule has 0 spiro atoms. The fourth-order valence-corrected chi connectivity index (χ4v) is 1.66. The van der Waals surface area contributed by atoms with E-state index in [1.54, 1.807) is 30.3 Å². The minimum absolute atomic E-state index is 0.0171. The highest BCUT2D eigenvalue weighted by Crippen LogP contribution is 2.13. The lowest BCUT2D eigenvalue weighted by molar-refractivity contribution is -0.143. The Hall–Kier alpha value is -2.08. The van der Waals surface area contributed by atoms with Crippen LogP contribution in [0.3, 0.4) is 0 Å². The third-order valence-corrected chi connectivity index (χ3v) is 2.61. The second-order valence-corrected chi connectivity index (χ2v) is 4.21. The maximum Gasteiger partial charge on any atom is 0.333 e. The van der Waals surface area contributed by atoms with Crippen molar-refractivity contribution in [2.24, 2.45) is 0 Å². The van der Waals surface area contributed by atoms with Gasteiger partial charge in [-0.1, -0.05) is 30.3 Å². The van der Waals surface area contributed by atoms with E-state index in [0.717, 1.165) is 0 Å². The Bertz CT molecular complexity index is 479. The van der Waals surface area contributed by atoms with Crippen molar-refractivity contribution in [3.8, 4) is 0 Å². The number of halogens is 1. The molecule has 7 heteroatoms. The Kier molecular flexibility index (Phi) is 6.52. The van der Waals surface area contributed by atoms with Gasteiger partial charge in [-0.15, -0.1) is 11.6 Å². The molecule has 3 amide bonds. The van der Waals surface area contributed by atoms with Gasteiger partial charge < -0.3 is 10.1 Å². The Balaban J connectivity index is 2.74. The molecule has 2 N–H and O–H groups in total. The Morgan fingerprint density at radius 1 is 1.25 bits per heavy atom. The van der Waals surface area contributed by atoms with Crippen LogP contribution in [-0.2, 0) is 14.3 Å². The number of esters is 1. The Morgan fingerprint density at radius 2 is 1.90 bits per heavy atom. The number of rotatable bonds is 5. The molecule has 1 aromatic rings. The van der Waals surface area contributed by atoms with Gasteiger partial charge in [-0.2, -0.15) is 0 Å². The van der Waals surface area contributed by atoms with Gasteiger partial charge in [-0.3, -0.25) is 10.1 Å². The molecule has 1 unspecified atom stereocenters. The summed E-state index contributed by atoms with van der Waals surface area (Å²) in [5.41, 5.74) is 0.555. The summed E-state index contributed by atoms with van der Waals surface area (Å²) in [6.45, 7) is 0. The summed E-state index contributed by atoms with van der Waals surface area (Å²) in [5.74, 6) is -1.04. The highest BCUT2D eigenvalue weighted by molar-refractivity contribution is 6.19. The van der Waals surface area contributed by atoms with Crippen LogP contribution in [-0.4, -0.2) is 30.9 Å². The zero-order valence-electron chi connectivity index (χ0n) is 10.9. The van der Waals surface area contributed by atoms with E-state index >= 15 is 0 Å². The number of imide groups is 1. The molecule has 1 aromatic carbocycles. The van der Waals surface area contributed by atoms with Crippen molar-refractivity contribution in [3.05, 3.63) is 35.9 Å². The van der Waals surface area contributed by atoms with Crippen LogP contribution in [0.5, 0.6) is 0 Å². The monoisotopic (exact) mass is 298 g/mol. The van der Waals surface area contributed by atoms with Crippen LogP contribution >= 0.6 is 11.6 Å². The van der Waals surface area contributed by atoms with Crippen molar-refractivity contribution in [2.45, 2.75) is 12.5 Å². The lowest BCUT2D eigenvalue weighted by Crippen LogP contribution is -2.43. The molecule has 0 saturated heterocycles. The van der Waals surface area contributed by atoms with Crippen molar-refractivity contribution in [1.29, 1.82) is 0 Å². The largest absolute Gasteiger partial charge is 0.467 e. The van der Waals surface area contributed by atoms with Gasteiger partial charge in [0.05, 0.1) is 7.11 Å². The van der Waals surface area contributed by atoms with E-state index in [2.05, 4.69) is 15.4 Å². The van der Waals surface area contributed by atoms with Crippen molar-refractivity contribution >= 4 is 29.5 Å². The molecule has 20 heavy (non-hydrogen) atoms. The Morgan fingerprint density at radius 3 is 2.45 bits per heavy atom. The quantitative estimate of drug-likeness (QED) is 0.635. The molecule has 0 aliphatic rings. The topological polar surface area (TPSA) is 84.5 Å². The molecule has 0 bridgehead atoms. The summed E-state index contributed by atoms with van der Waals surface area (Å²) in [7, 11) is 1.22. The van der Waals surface area contributed by atoms with Gasteiger partial charge in [0, 0.05) is 12.3 Å². The molecule has 0 aliphatic heterocycles. The second kappa shape index (κ2) is 8.16. The molecule has 0 aromatic heterocycles. The average Bonchev–Trinajstić information content (AvgIpc) is 2.45. The lowest BCUT2D eigenvalue weighted by Gasteiger charge is -2.16. The smallest absolute Gasteiger partial charge is 0.333 e. The number of hydrogen-bond donors (Lipinski definition) is 2. The first-order chi connectivity index (χ1) is 9.58. The first-order valence-electron chi connectivity index (χ1n) is 5.87. The first-order valence-corrected chi connectivity index (χ1v) is 6.41. The molecule has 6 nitrogen and oxygen atoms in total. The minimum atomic E-state index is -0.981. The second-order valence-electron chi connectivity index (χ2n) is 3.83. The van der Waals surface area contributed by atoms with Crippen LogP contribution in [0.2, 0.25) is 0 Å². The van der Waals surface area contributed by atoms with Gasteiger partial charge in [-0.25, -0.2) is 9.59 Å². The van der Waals surface area contributed by atoms with Crippen LogP contribution in [0.25, 0.3) is 0 Å². The average molecular weight is 299 g/mol. The zero-order valence-corrected chi connectivity index (χ0v) is 11.6.